The molecule has 0 aliphatic carbocycles. The van der Waals surface area contributed by atoms with Crippen molar-refractivity contribution in [2.24, 2.45) is 0 Å². The Balaban J connectivity index is 1.22. The summed E-state index contributed by atoms with van der Waals surface area (Å²) in [6, 6.07) is 0. The molecule has 0 aromatic heterocycles. The van der Waals surface area contributed by atoms with Crippen LogP contribution >= 0.6 is 22.6 Å². The Bertz CT molecular complexity index is 1200. The number of aliphatic hydroxyl groups excluding tert-OH is 16. The first kappa shape index (κ1) is 46.8. The second-order valence-electron chi connectivity index (χ2n) is 13.9. The van der Waals surface area contributed by atoms with Crippen LogP contribution in [0.4, 0.5) is 0 Å². The predicted molar refractivity (Wildman–Crippen MR) is 178 cm³/mol. The maximum atomic E-state index is 11.2. The normalized spacial score (nSPS) is 53.2. The quantitative estimate of drug-likeness (QED) is 0.0602. The molecule has 0 aromatic carbocycles. The van der Waals surface area contributed by atoms with Gasteiger partial charge in [-0.2, -0.15) is 0 Å². The van der Waals surface area contributed by atoms with E-state index in [2.05, 4.69) is 0 Å². The van der Waals surface area contributed by atoms with E-state index < -0.39 is 180 Å². The highest BCUT2D eigenvalue weighted by Gasteiger charge is 2.56. The number of rotatable bonds is 13. The molecule has 0 aromatic rings. The molecule has 0 radical (unpaired) electrons. The molecule has 5 heterocycles. The molecule has 0 bridgehead atoms. The van der Waals surface area contributed by atoms with Crippen molar-refractivity contribution in [1.82, 2.24) is 0 Å². The third kappa shape index (κ3) is 9.45. The maximum absolute atomic E-state index is 11.2. The lowest BCUT2D eigenvalue weighted by atomic mass is 9.95. The average Bonchev–Trinajstić information content (AvgIpc) is 3.19. The van der Waals surface area contributed by atoms with Crippen molar-refractivity contribution < 1.29 is 124 Å². The molecule has 5 rings (SSSR count). The summed E-state index contributed by atoms with van der Waals surface area (Å²) in [6.07, 6.45) is -43.8. The molecule has 16 N–H and O–H groups in total. The van der Waals surface area contributed by atoms with E-state index in [1.807, 2.05) is 22.6 Å². The lowest BCUT2D eigenvalue weighted by Crippen LogP contribution is -2.68. The number of hydrogen-bond acceptors (Lipinski definition) is 25. The molecular formula is C30H51IO25. The Morgan fingerprint density at radius 1 is 0.321 bits per heavy atom. The van der Waals surface area contributed by atoms with Gasteiger partial charge in [-0.15, -0.1) is 0 Å². The Hall–Kier alpha value is -0.270. The molecule has 5 fully saturated rings. The molecule has 56 heavy (non-hydrogen) atoms. The summed E-state index contributed by atoms with van der Waals surface area (Å²) < 4.78 is 49.8. The zero-order valence-corrected chi connectivity index (χ0v) is 31.3. The summed E-state index contributed by atoms with van der Waals surface area (Å²) in [5, 5.41) is 166. The van der Waals surface area contributed by atoms with Gasteiger partial charge in [-0.1, -0.05) is 22.6 Å². The lowest BCUT2D eigenvalue weighted by molar-refractivity contribution is -0.390. The highest BCUT2D eigenvalue weighted by molar-refractivity contribution is 14.1. The first-order valence-electron chi connectivity index (χ1n) is 17.6. The van der Waals surface area contributed by atoms with Crippen LogP contribution in [0.25, 0.3) is 0 Å². The van der Waals surface area contributed by atoms with E-state index in [1.165, 1.54) is 0 Å². The fraction of sp³-hybridized carbons (Fsp3) is 1.00. The fourth-order valence-electron chi connectivity index (χ4n) is 7.01. The second-order valence-corrected chi connectivity index (χ2v) is 14.8. The summed E-state index contributed by atoms with van der Waals surface area (Å²) in [4.78, 5) is 0. The van der Waals surface area contributed by atoms with Crippen LogP contribution in [0, 0.1) is 0 Å². The zero-order chi connectivity index (χ0) is 41.3. The lowest BCUT2D eigenvalue weighted by Gasteiger charge is -2.49. The van der Waals surface area contributed by atoms with Gasteiger partial charge in [-0.3, -0.25) is 0 Å². The summed E-state index contributed by atoms with van der Waals surface area (Å²) >= 11 is 1.82. The smallest absolute Gasteiger partial charge is 0.187 e. The first-order chi connectivity index (χ1) is 26.5. The van der Waals surface area contributed by atoms with Gasteiger partial charge in [0.1, 0.15) is 116 Å². The molecule has 5 aliphatic rings. The Morgan fingerprint density at radius 3 is 0.964 bits per heavy atom. The minimum Gasteiger partial charge on any atom is -0.394 e. The fourth-order valence-corrected chi connectivity index (χ4v) is 7.72. The van der Waals surface area contributed by atoms with Crippen LogP contribution < -0.4 is 0 Å². The standard InChI is InChI=1S/C30H51IO25/c31-1-6-22(53-29-20(45)15(40)24(9(4-34)51-29)55-27-18(43)12(37)11(36)7(2-32)50-27)14(39)19(44)28(49-6)56-25-10(5-35)52-30(21(46)16(25)41)54-23-8(3-33)48-26(47)17(42)13(23)38/h6-30,32-47H,1-5H2/t6-,7-,8-,9-,10-,11-,12+,13-,14-,15-,16-,17-,18-,19-,20-,21-,22-,23-,24-,25-,26?,27-,28-,29-,30-/m1/s1. The summed E-state index contributed by atoms with van der Waals surface area (Å²) in [5.74, 6) is 0. The van der Waals surface area contributed by atoms with Crippen LogP contribution in [0.2, 0.25) is 0 Å². The Kier molecular flexibility index (Phi) is 16.8. The van der Waals surface area contributed by atoms with E-state index >= 15 is 0 Å². The van der Waals surface area contributed by atoms with E-state index in [9.17, 15) is 81.7 Å². The molecule has 26 heteroatoms. The van der Waals surface area contributed by atoms with Crippen molar-refractivity contribution in [1.29, 1.82) is 0 Å². The van der Waals surface area contributed by atoms with Crippen molar-refractivity contribution in [3.63, 3.8) is 0 Å². The average molecular weight is 939 g/mol. The topological polar surface area (TPSA) is 407 Å². The molecule has 0 spiro atoms. The van der Waals surface area contributed by atoms with Crippen LogP contribution in [-0.2, 0) is 42.6 Å². The molecule has 1 unspecified atom stereocenters. The first-order valence-corrected chi connectivity index (χ1v) is 19.1. The van der Waals surface area contributed by atoms with Gasteiger partial charge in [0.15, 0.2) is 31.5 Å². The van der Waals surface area contributed by atoms with Crippen LogP contribution in [0.5, 0.6) is 0 Å². The van der Waals surface area contributed by atoms with Gasteiger partial charge in [-0.25, -0.2) is 0 Å². The van der Waals surface area contributed by atoms with Gasteiger partial charge in [0.25, 0.3) is 0 Å². The number of alkyl halides is 1. The highest BCUT2D eigenvalue weighted by Crippen LogP contribution is 2.35. The third-order valence-corrected chi connectivity index (χ3v) is 11.2. The summed E-state index contributed by atoms with van der Waals surface area (Å²) in [7, 11) is 0. The molecular weight excluding hydrogens is 887 g/mol. The van der Waals surface area contributed by atoms with Crippen molar-refractivity contribution >= 4 is 22.6 Å². The van der Waals surface area contributed by atoms with Crippen LogP contribution in [0.1, 0.15) is 0 Å². The third-order valence-electron chi connectivity index (χ3n) is 10.3. The van der Waals surface area contributed by atoms with Gasteiger partial charge in [0.05, 0.1) is 32.5 Å². The van der Waals surface area contributed by atoms with Crippen molar-refractivity contribution in [3.8, 4) is 0 Å². The molecule has 328 valence electrons. The van der Waals surface area contributed by atoms with Crippen LogP contribution in [0.3, 0.4) is 0 Å². The predicted octanol–water partition coefficient (Wildman–Crippen LogP) is -10.5. The molecule has 0 saturated carbocycles. The molecule has 25 nitrogen and oxygen atoms in total. The molecule has 0 amide bonds. The summed E-state index contributed by atoms with van der Waals surface area (Å²) in [5.41, 5.74) is 0. The zero-order valence-electron chi connectivity index (χ0n) is 29.2. The van der Waals surface area contributed by atoms with Gasteiger partial charge < -0.3 is 124 Å². The van der Waals surface area contributed by atoms with Gasteiger partial charge in [-0.05, 0) is 0 Å². The Labute approximate surface area is 330 Å². The monoisotopic (exact) mass is 938 g/mol. The number of ether oxygens (including phenoxy) is 9. The van der Waals surface area contributed by atoms with E-state index in [-0.39, 0.29) is 4.43 Å². The number of aliphatic hydroxyl groups is 16. The SMILES string of the molecule is OC[C@H]1O[C@H](O[C@H]2[C@H](O)[C@@H](O)[C@@H](O[C@H]3[C@H](O)[C@@H](O)[C@@H](O[C@H]4[C@H](O)[C@@H](O)[C@@H](O[C@H]5[C@H](O)[C@@H](O)C(O)O[C@@H]5CO)O[C@@H]4CO)O[C@@H]3CI)O[C@@H]2CO)[C@H](O)[C@@H](O)[C@@H]1O. The second kappa shape index (κ2) is 20.1. The molecule has 5 aliphatic heterocycles. The van der Waals surface area contributed by atoms with Crippen LogP contribution in [-0.4, -0.2) is 266 Å². The van der Waals surface area contributed by atoms with E-state index in [1.54, 1.807) is 0 Å². The number of hydrogen-bond donors (Lipinski definition) is 16. The maximum Gasteiger partial charge on any atom is 0.187 e. The van der Waals surface area contributed by atoms with Crippen molar-refractivity contribution in [2.75, 3.05) is 30.9 Å². The Morgan fingerprint density at radius 2 is 0.607 bits per heavy atom. The minimum absolute atomic E-state index is 0.00620. The van der Waals surface area contributed by atoms with E-state index in [4.69, 9.17) is 42.6 Å². The molecule has 25 atom stereocenters. The van der Waals surface area contributed by atoms with Gasteiger partial charge >= 0.3 is 0 Å². The minimum atomic E-state index is -2.01. The number of halogens is 1. The van der Waals surface area contributed by atoms with Gasteiger partial charge in [0.2, 0.25) is 0 Å². The van der Waals surface area contributed by atoms with Crippen molar-refractivity contribution in [2.45, 2.75) is 154 Å². The van der Waals surface area contributed by atoms with Crippen LogP contribution in [0.15, 0.2) is 0 Å². The van der Waals surface area contributed by atoms with E-state index in [0.29, 0.717) is 0 Å². The summed E-state index contributed by atoms with van der Waals surface area (Å²) in [6.45, 7) is -3.40. The largest absolute Gasteiger partial charge is 0.394 e. The van der Waals surface area contributed by atoms with E-state index in [0.717, 1.165) is 0 Å². The molecule has 5 saturated heterocycles. The van der Waals surface area contributed by atoms with Crippen molar-refractivity contribution in [3.05, 3.63) is 0 Å². The highest BCUT2D eigenvalue weighted by atomic mass is 127. The van der Waals surface area contributed by atoms with Gasteiger partial charge in [0, 0.05) is 4.43 Å².